The van der Waals surface area contributed by atoms with Gasteiger partial charge >= 0.3 is 0 Å². The standard InChI is InChI=1S/C21H24N2O/c1-13-8-10-18(22-13)17-12-15-6-4-5-7-16(15)20(17)21(24-3)19-11-9-14(2)23-19/h4-11,17,20-23H,12H2,1-3H3. The van der Waals surface area contributed by atoms with E-state index in [0.717, 1.165) is 12.1 Å². The van der Waals surface area contributed by atoms with Crippen LogP contribution in [0.1, 0.15) is 51.8 Å². The first-order valence-electron chi connectivity index (χ1n) is 8.59. The first-order chi connectivity index (χ1) is 11.7. The largest absolute Gasteiger partial charge is 0.375 e. The predicted octanol–water partition coefficient (Wildman–Crippen LogP) is 4.77. The number of nitrogens with one attached hydrogen (secondary N) is 2. The number of hydrogen-bond acceptors (Lipinski definition) is 1. The molecule has 1 aliphatic carbocycles. The Bertz CT molecular complexity index is 803. The Kier molecular flexibility index (Phi) is 3.81. The number of hydrogen-bond donors (Lipinski definition) is 2. The van der Waals surface area contributed by atoms with Gasteiger partial charge in [-0.05, 0) is 55.7 Å². The highest BCUT2D eigenvalue weighted by atomic mass is 16.5. The van der Waals surface area contributed by atoms with Crippen molar-refractivity contribution in [2.45, 2.75) is 38.2 Å². The molecular formula is C21H24N2O. The zero-order valence-electron chi connectivity index (χ0n) is 14.5. The normalized spacial score (nSPS) is 21.0. The molecule has 3 atom stereocenters. The van der Waals surface area contributed by atoms with Crippen molar-refractivity contribution in [2.75, 3.05) is 7.11 Å². The molecule has 3 aromatic rings. The van der Waals surface area contributed by atoms with Gasteiger partial charge in [0.25, 0.3) is 0 Å². The van der Waals surface area contributed by atoms with Gasteiger partial charge in [0.15, 0.2) is 0 Å². The Morgan fingerprint density at radius 1 is 0.958 bits per heavy atom. The molecule has 0 radical (unpaired) electrons. The second-order valence-corrected chi connectivity index (χ2v) is 6.88. The fourth-order valence-electron chi connectivity index (χ4n) is 4.20. The monoisotopic (exact) mass is 320 g/mol. The molecule has 24 heavy (non-hydrogen) atoms. The van der Waals surface area contributed by atoms with Gasteiger partial charge in [0.1, 0.15) is 6.10 Å². The minimum absolute atomic E-state index is 0.0240. The number of rotatable bonds is 4. The fourth-order valence-corrected chi connectivity index (χ4v) is 4.20. The topological polar surface area (TPSA) is 40.8 Å². The van der Waals surface area contributed by atoms with E-state index in [-0.39, 0.29) is 6.10 Å². The maximum Gasteiger partial charge on any atom is 0.104 e. The molecule has 0 fully saturated rings. The van der Waals surface area contributed by atoms with Crippen LogP contribution in [0.25, 0.3) is 0 Å². The lowest BCUT2D eigenvalue weighted by Crippen LogP contribution is -2.18. The van der Waals surface area contributed by atoms with Crippen molar-refractivity contribution in [2.24, 2.45) is 0 Å². The summed E-state index contributed by atoms with van der Waals surface area (Å²) >= 11 is 0. The molecule has 3 heteroatoms. The average Bonchev–Trinajstić information content (AvgIpc) is 3.28. The lowest BCUT2D eigenvalue weighted by Gasteiger charge is -2.28. The van der Waals surface area contributed by atoms with Gasteiger partial charge in [0.2, 0.25) is 0 Å². The van der Waals surface area contributed by atoms with Crippen molar-refractivity contribution in [3.8, 4) is 0 Å². The van der Waals surface area contributed by atoms with E-state index in [1.807, 2.05) is 7.11 Å². The van der Waals surface area contributed by atoms with Crippen LogP contribution < -0.4 is 0 Å². The van der Waals surface area contributed by atoms with Crippen LogP contribution in [0.2, 0.25) is 0 Å². The van der Waals surface area contributed by atoms with Crippen LogP contribution >= 0.6 is 0 Å². The Balaban J connectivity index is 1.80. The molecule has 3 unspecified atom stereocenters. The highest BCUT2D eigenvalue weighted by Crippen LogP contribution is 2.50. The summed E-state index contributed by atoms with van der Waals surface area (Å²) in [5.41, 5.74) is 7.69. The van der Waals surface area contributed by atoms with Crippen LogP contribution in [-0.4, -0.2) is 17.1 Å². The number of H-pyrrole nitrogens is 2. The molecule has 2 N–H and O–H groups in total. The molecular weight excluding hydrogens is 296 g/mol. The van der Waals surface area contributed by atoms with Gasteiger partial charge in [-0.1, -0.05) is 24.3 Å². The zero-order chi connectivity index (χ0) is 16.7. The van der Waals surface area contributed by atoms with E-state index in [4.69, 9.17) is 4.74 Å². The van der Waals surface area contributed by atoms with Crippen molar-refractivity contribution in [3.63, 3.8) is 0 Å². The van der Waals surface area contributed by atoms with Crippen molar-refractivity contribution < 1.29 is 4.74 Å². The lowest BCUT2D eigenvalue weighted by atomic mass is 9.84. The molecule has 4 rings (SSSR count). The van der Waals surface area contributed by atoms with Crippen LogP contribution in [0.4, 0.5) is 0 Å². The third-order valence-electron chi connectivity index (χ3n) is 5.28. The number of methoxy groups -OCH3 is 1. The van der Waals surface area contributed by atoms with E-state index in [2.05, 4.69) is 72.3 Å². The molecule has 0 amide bonds. The third-order valence-corrected chi connectivity index (χ3v) is 5.28. The fraction of sp³-hybridized carbons (Fsp3) is 0.333. The molecule has 0 aliphatic heterocycles. The van der Waals surface area contributed by atoms with Crippen molar-refractivity contribution in [1.29, 1.82) is 0 Å². The molecule has 1 aromatic carbocycles. The van der Waals surface area contributed by atoms with E-state index in [1.165, 1.54) is 28.2 Å². The van der Waals surface area contributed by atoms with Gasteiger partial charge in [0, 0.05) is 41.7 Å². The Labute approximate surface area is 143 Å². The quantitative estimate of drug-likeness (QED) is 0.714. The summed E-state index contributed by atoms with van der Waals surface area (Å²) in [6.07, 6.45) is 1.08. The number of aromatic nitrogens is 2. The molecule has 2 heterocycles. The van der Waals surface area contributed by atoms with Gasteiger partial charge in [-0.25, -0.2) is 0 Å². The molecule has 0 saturated heterocycles. The molecule has 1 aliphatic rings. The highest BCUT2D eigenvalue weighted by Gasteiger charge is 2.40. The summed E-state index contributed by atoms with van der Waals surface area (Å²) < 4.78 is 6.00. The summed E-state index contributed by atoms with van der Waals surface area (Å²) in [5.74, 6) is 0.715. The lowest BCUT2D eigenvalue weighted by molar-refractivity contribution is 0.0697. The van der Waals surface area contributed by atoms with Gasteiger partial charge < -0.3 is 14.7 Å². The van der Waals surface area contributed by atoms with Crippen LogP contribution in [0.5, 0.6) is 0 Å². The number of fused-ring (bicyclic) bond motifs is 1. The van der Waals surface area contributed by atoms with Gasteiger partial charge in [-0.15, -0.1) is 0 Å². The molecule has 3 nitrogen and oxygen atoms in total. The van der Waals surface area contributed by atoms with Gasteiger partial charge in [-0.3, -0.25) is 0 Å². The maximum absolute atomic E-state index is 6.00. The van der Waals surface area contributed by atoms with E-state index >= 15 is 0 Å². The molecule has 124 valence electrons. The van der Waals surface area contributed by atoms with E-state index in [1.54, 1.807) is 0 Å². The van der Waals surface area contributed by atoms with Gasteiger partial charge in [0.05, 0.1) is 0 Å². The summed E-state index contributed by atoms with van der Waals surface area (Å²) in [7, 11) is 1.82. The SMILES string of the molecule is COC(c1ccc(C)[nH]1)C1c2ccccc2CC1c1ccc(C)[nH]1. The number of ether oxygens (including phenoxy) is 1. The smallest absolute Gasteiger partial charge is 0.104 e. The zero-order valence-corrected chi connectivity index (χ0v) is 14.5. The van der Waals surface area contributed by atoms with Crippen LogP contribution in [0, 0.1) is 13.8 Å². The molecule has 2 aromatic heterocycles. The van der Waals surface area contributed by atoms with E-state index in [0.29, 0.717) is 11.8 Å². The highest BCUT2D eigenvalue weighted by molar-refractivity contribution is 5.43. The van der Waals surface area contributed by atoms with Crippen LogP contribution in [-0.2, 0) is 11.2 Å². The average molecular weight is 320 g/mol. The second kappa shape index (κ2) is 5.99. The van der Waals surface area contributed by atoms with E-state index in [9.17, 15) is 0 Å². The number of aromatic amines is 2. The van der Waals surface area contributed by atoms with Crippen molar-refractivity contribution in [3.05, 3.63) is 82.4 Å². The first-order valence-corrected chi connectivity index (χ1v) is 8.59. The van der Waals surface area contributed by atoms with E-state index < -0.39 is 0 Å². The van der Waals surface area contributed by atoms with Gasteiger partial charge in [-0.2, -0.15) is 0 Å². The maximum atomic E-state index is 6.00. The number of aryl methyl sites for hydroxylation is 2. The second-order valence-electron chi connectivity index (χ2n) is 6.88. The summed E-state index contributed by atoms with van der Waals surface area (Å²) in [6.45, 7) is 4.20. The van der Waals surface area contributed by atoms with Crippen LogP contribution in [0.3, 0.4) is 0 Å². The third kappa shape index (κ3) is 2.49. The summed E-state index contributed by atoms with van der Waals surface area (Å²) in [4.78, 5) is 7.03. The minimum atomic E-state index is 0.0240. The molecule has 0 spiro atoms. The first kappa shape index (κ1) is 15.3. The molecule has 0 saturated carbocycles. The van der Waals surface area contributed by atoms with Crippen molar-refractivity contribution in [1.82, 2.24) is 9.97 Å². The minimum Gasteiger partial charge on any atom is -0.375 e. The molecule has 0 bridgehead atoms. The Morgan fingerprint density at radius 3 is 2.38 bits per heavy atom. The Morgan fingerprint density at radius 2 is 1.71 bits per heavy atom. The summed E-state index contributed by atoms with van der Waals surface area (Å²) in [6, 6.07) is 17.5. The van der Waals surface area contributed by atoms with Crippen molar-refractivity contribution >= 4 is 0 Å². The van der Waals surface area contributed by atoms with Crippen LogP contribution in [0.15, 0.2) is 48.5 Å². The number of benzene rings is 1. The Hall–Kier alpha value is -2.26. The predicted molar refractivity (Wildman–Crippen MR) is 96.4 cm³/mol. The summed E-state index contributed by atoms with van der Waals surface area (Å²) in [5, 5.41) is 0.